The number of piperidine rings is 1. The number of hydrogen-bond acceptors (Lipinski definition) is 2. The lowest BCUT2D eigenvalue weighted by atomic mass is 9.90. The van der Waals surface area contributed by atoms with Gasteiger partial charge in [-0.15, -0.1) is 0 Å². The number of alkyl halides is 3. The van der Waals surface area contributed by atoms with E-state index in [-0.39, 0.29) is 5.69 Å². The standard InChI is InChI=1S/C21H20ClF3N2O2/c22-18-7-6-16(13-17(18)21(23,24)25)26-19(28)20(29)27-10-8-15(9-11-27)12-14-4-2-1-3-5-14/h1-7,13,15H,8-12H2,(H,26,28). The molecule has 0 radical (unpaired) electrons. The number of rotatable bonds is 3. The molecule has 1 aliphatic rings. The number of benzene rings is 2. The van der Waals surface area contributed by atoms with Gasteiger partial charge in [-0.2, -0.15) is 13.2 Å². The topological polar surface area (TPSA) is 49.4 Å². The SMILES string of the molecule is O=C(Nc1ccc(Cl)c(C(F)(F)F)c1)C(=O)N1CCC(Cc2ccccc2)CC1. The predicted octanol–water partition coefficient (Wildman–Crippen LogP) is 4.78. The van der Waals surface area contributed by atoms with Gasteiger partial charge >= 0.3 is 18.0 Å². The molecule has 0 spiro atoms. The summed E-state index contributed by atoms with van der Waals surface area (Å²) in [5.74, 6) is -1.27. The first kappa shape index (κ1) is 21.2. The minimum Gasteiger partial charge on any atom is -0.334 e. The van der Waals surface area contributed by atoms with E-state index in [1.165, 1.54) is 16.5 Å². The molecule has 1 aliphatic heterocycles. The largest absolute Gasteiger partial charge is 0.417 e. The molecule has 8 heteroatoms. The molecule has 0 saturated carbocycles. The van der Waals surface area contributed by atoms with Gasteiger partial charge in [-0.25, -0.2) is 0 Å². The quantitative estimate of drug-likeness (QED) is 0.721. The van der Waals surface area contributed by atoms with Crippen molar-refractivity contribution >= 4 is 29.1 Å². The maximum Gasteiger partial charge on any atom is 0.417 e. The number of nitrogens with zero attached hydrogens (tertiary/aromatic N) is 1. The van der Waals surface area contributed by atoms with Crippen molar-refractivity contribution < 1.29 is 22.8 Å². The molecule has 2 aromatic rings. The maximum absolute atomic E-state index is 12.9. The molecule has 1 N–H and O–H groups in total. The van der Waals surface area contributed by atoms with E-state index in [9.17, 15) is 22.8 Å². The fourth-order valence-electron chi connectivity index (χ4n) is 3.44. The second kappa shape index (κ2) is 8.86. The molecular formula is C21H20ClF3N2O2. The Morgan fingerprint density at radius 1 is 1.07 bits per heavy atom. The Kier molecular flexibility index (Phi) is 6.47. The summed E-state index contributed by atoms with van der Waals surface area (Å²) in [6.07, 6.45) is -2.19. The molecular weight excluding hydrogens is 405 g/mol. The smallest absolute Gasteiger partial charge is 0.334 e. The third kappa shape index (κ3) is 5.50. The monoisotopic (exact) mass is 424 g/mol. The van der Waals surface area contributed by atoms with Crippen molar-refractivity contribution in [3.05, 3.63) is 64.7 Å². The third-order valence-corrected chi connectivity index (χ3v) is 5.32. The van der Waals surface area contributed by atoms with Gasteiger partial charge in [-0.05, 0) is 48.9 Å². The minimum absolute atomic E-state index is 0.126. The van der Waals surface area contributed by atoms with Crippen molar-refractivity contribution in [3.63, 3.8) is 0 Å². The number of nitrogens with one attached hydrogen (secondary N) is 1. The summed E-state index contributed by atoms with van der Waals surface area (Å²) in [5, 5.41) is 1.77. The molecule has 4 nitrogen and oxygen atoms in total. The Balaban J connectivity index is 1.55. The fourth-order valence-corrected chi connectivity index (χ4v) is 3.66. The van der Waals surface area contributed by atoms with Crippen LogP contribution in [0.1, 0.15) is 24.0 Å². The number of anilines is 1. The Labute approximate surface area is 171 Å². The summed E-state index contributed by atoms with van der Waals surface area (Å²) in [6.45, 7) is 0.885. The van der Waals surface area contributed by atoms with Crippen molar-refractivity contribution in [3.8, 4) is 0 Å². The normalized spacial score (nSPS) is 15.2. The summed E-state index contributed by atoms with van der Waals surface area (Å²) in [6, 6.07) is 13.0. The molecule has 0 aromatic heterocycles. The van der Waals surface area contributed by atoms with Crippen molar-refractivity contribution in [2.45, 2.75) is 25.4 Å². The van der Waals surface area contributed by atoms with Crippen LogP contribution in [0.2, 0.25) is 5.02 Å². The van der Waals surface area contributed by atoms with E-state index in [1.54, 1.807) is 0 Å². The van der Waals surface area contributed by atoms with Crippen LogP contribution in [0.25, 0.3) is 0 Å². The number of likely N-dealkylation sites (tertiary alicyclic amines) is 1. The van der Waals surface area contributed by atoms with E-state index in [2.05, 4.69) is 17.4 Å². The lowest BCUT2D eigenvalue weighted by Gasteiger charge is -2.31. The van der Waals surface area contributed by atoms with Crippen LogP contribution in [0, 0.1) is 5.92 Å². The van der Waals surface area contributed by atoms with Crippen molar-refractivity contribution in [1.82, 2.24) is 4.90 Å². The van der Waals surface area contributed by atoms with Gasteiger partial charge in [0.25, 0.3) is 0 Å². The van der Waals surface area contributed by atoms with E-state index < -0.39 is 28.6 Å². The lowest BCUT2D eigenvalue weighted by molar-refractivity contribution is -0.144. The van der Waals surface area contributed by atoms with Gasteiger partial charge in [-0.3, -0.25) is 9.59 Å². The Morgan fingerprint density at radius 3 is 2.34 bits per heavy atom. The summed E-state index contributed by atoms with van der Waals surface area (Å²) >= 11 is 5.57. The highest BCUT2D eigenvalue weighted by molar-refractivity contribution is 6.39. The Morgan fingerprint density at radius 2 is 1.72 bits per heavy atom. The van der Waals surface area contributed by atoms with Crippen LogP contribution in [0.15, 0.2) is 48.5 Å². The maximum atomic E-state index is 12.9. The molecule has 1 saturated heterocycles. The zero-order valence-electron chi connectivity index (χ0n) is 15.5. The van der Waals surface area contributed by atoms with Crippen molar-refractivity contribution in [2.24, 2.45) is 5.92 Å². The molecule has 3 rings (SSSR count). The highest BCUT2D eigenvalue weighted by atomic mass is 35.5. The molecule has 154 valence electrons. The summed E-state index contributed by atoms with van der Waals surface area (Å²) in [4.78, 5) is 26.0. The molecule has 2 aromatic carbocycles. The van der Waals surface area contributed by atoms with E-state index in [1.807, 2.05) is 18.2 Å². The average Bonchev–Trinajstić information content (AvgIpc) is 2.69. The molecule has 1 fully saturated rings. The molecule has 0 atom stereocenters. The summed E-state index contributed by atoms with van der Waals surface area (Å²) < 4.78 is 38.8. The van der Waals surface area contributed by atoms with E-state index in [4.69, 9.17) is 11.6 Å². The Hall–Kier alpha value is -2.54. The average molecular weight is 425 g/mol. The highest BCUT2D eigenvalue weighted by Gasteiger charge is 2.34. The number of halogens is 4. The molecule has 0 bridgehead atoms. The Bertz CT molecular complexity index is 879. The molecule has 29 heavy (non-hydrogen) atoms. The molecule has 1 heterocycles. The van der Waals surface area contributed by atoms with Gasteiger partial charge in [0.1, 0.15) is 0 Å². The number of carbonyl (C=O) groups excluding carboxylic acids is 2. The van der Waals surface area contributed by atoms with E-state index in [0.717, 1.165) is 31.4 Å². The van der Waals surface area contributed by atoms with Crippen LogP contribution in [0.3, 0.4) is 0 Å². The van der Waals surface area contributed by atoms with Gasteiger partial charge in [0.2, 0.25) is 0 Å². The summed E-state index contributed by atoms with van der Waals surface area (Å²) in [7, 11) is 0. The molecule has 2 amide bonds. The van der Waals surface area contributed by atoms with E-state index in [0.29, 0.717) is 19.0 Å². The van der Waals surface area contributed by atoms with Gasteiger partial charge in [0, 0.05) is 18.8 Å². The second-order valence-corrected chi connectivity index (χ2v) is 7.48. The predicted molar refractivity (Wildman–Crippen MR) is 105 cm³/mol. The third-order valence-electron chi connectivity index (χ3n) is 4.99. The number of amides is 2. The van der Waals surface area contributed by atoms with Gasteiger partial charge < -0.3 is 10.2 Å². The second-order valence-electron chi connectivity index (χ2n) is 7.07. The zero-order chi connectivity index (χ0) is 21.0. The van der Waals surface area contributed by atoms with Gasteiger partial charge in [0.15, 0.2) is 0 Å². The lowest BCUT2D eigenvalue weighted by Crippen LogP contribution is -2.44. The van der Waals surface area contributed by atoms with Crippen LogP contribution >= 0.6 is 11.6 Å². The van der Waals surface area contributed by atoms with Gasteiger partial charge in [-0.1, -0.05) is 41.9 Å². The van der Waals surface area contributed by atoms with Crippen LogP contribution in [-0.2, 0) is 22.2 Å². The summed E-state index contributed by atoms with van der Waals surface area (Å²) in [5.41, 5.74) is 0.0448. The van der Waals surface area contributed by atoms with Crippen molar-refractivity contribution in [1.29, 1.82) is 0 Å². The van der Waals surface area contributed by atoms with E-state index >= 15 is 0 Å². The minimum atomic E-state index is -4.65. The van der Waals surface area contributed by atoms with Crippen LogP contribution in [-0.4, -0.2) is 29.8 Å². The first-order valence-electron chi connectivity index (χ1n) is 9.25. The highest BCUT2D eigenvalue weighted by Crippen LogP contribution is 2.36. The van der Waals surface area contributed by atoms with Crippen LogP contribution in [0.5, 0.6) is 0 Å². The van der Waals surface area contributed by atoms with Crippen LogP contribution < -0.4 is 5.32 Å². The molecule has 0 unspecified atom stereocenters. The molecule has 0 aliphatic carbocycles. The van der Waals surface area contributed by atoms with Crippen molar-refractivity contribution in [2.75, 3.05) is 18.4 Å². The first-order valence-corrected chi connectivity index (χ1v) is 9.63. The fraction of sp³-hybridized carbons (Fsp3) is 0.333. The first-order chi connectivity index (χ1) is 13.7. The zero-order valence-corrected chi connectivity index (χ0v) is 16.3. The van der Waals surface area contributed by atoms with Gasteiger partial charge in [0.05, 0.1) is 10.6 Å². The van der Waals surface area contributed by atoms with Crippen LogP contribution in [0.4, 0.5) is 18.9 Å². The number of hydrogen-bond donors (Lipinski definition) is 1. The number of carbonyl (C=O) groups is 2.